The topological polar surface area (TPSA) is 86.8 Å². The number of ketones is 1. The van der Waals surface area contributed by atoms with Crippen molar-refractivity contribution in [1.82, 2.24) is 14.5 Å². The van der Waals surface area contributed by atoms with Gasteiger partial charge in [0.05, 0.1) is 17.5 Å². The highest BCUT2D eigenvalue weighted by Gasteiger charge is 2.29. The van der Waals surface area contributed by atoms with Crippen LogP contribution in [-0.4, -0.2) is 62.0 Å². The predicted molar refractivity (Wildman–Crippen MR) is 132 cm³/mol. The van der Waals surface area contributed by atoms with Crippen LogP contribution in [0.25, 0.3) is 0 Å². The van der Waals surface area contributed by atoms with Gasteiger partial charge in [0.15, 0.2) is 5.78 Å². The summed E-state index contributed by atoms with van der Waals surface area (Å²) in [5.74, 6) is -0.206. The zero-order valence-corrected chi connectivity index (χ0v) is 20.5. The smallest absolute Gasteiger partial charge is 0.243 e. The first-order chi connectivity index (χ1) is 16.3. The Morgan fingerprint density at radius 2 is 1.62 bits per heavy atom. The SMILES string of the molecule is CC(=O)c1ccc(S(=O)(=O)N2CCN(CC(=O)N[C@@H](c3ccccc3)c3cccs3)CC2)cc1. The average Bonchev–Trinajstić information content (AvgIpc) is 3.38. The number of piperazine rings is 1. The van der Waals surface area contributed by atoms with E-state index < -0.39 is 10.0 Å². The van der Waals surface area contributed by atoms with Gasteiger partial charge in [0.25, 0.3) is 0 Å². The predicted octanol–water partition coefficient (Wildman–Crippen LogP) is 3.16. The number of carbonyl (C=O) groups is 2. The lowest BCUT2D eigenvalue weighted by Crippen LogP contribution is -2.51. The highest BCUT2D eigenvalue weighted by molar-refractivity contribution is 7.89. The minimum Gasteiger partial charge on any atom is -0.343 e. The molecule has 178 valence electrons. The second-order valence-electron chi connectivity index (χ2n) is 8.19. The fourth-order valence-electron chi connectivity index (χ4n) is 3.97. The lowest BCUT2D eigenvalue weighted by Gasteiger charge is -2.33. The second kappa shape index (κ2) is 10.6. The number of nitrogens with one attached hydrogen (secondary N) is 1. The molecule has 1 aromatic heterocycles. The number of amides is 1. The van der Waals surface area contributed by atoms with Crippen molar-refractivity contribution in [2.75, 3.05) is 32.7 Å². The van der Waals surface area contributed by atoms with Crippen molar-refractivity contribution in [3.63, 3.8) is 0 Å². The molecule has 1 fully saturated rings. The first-order valence-corrected chi connectivity index (χ1v) is 13.4. The van der Waals surface area contributed by atoms with E-state index in [0.29, 0.717) is 31.7 Å². The van der Waals surface area contributed by atoms with E-state index in [-0.39, 0.29) is 29.2 Å². The fraction of sp³-hybridized carbons (Fsp3) is 0.280. The number of hydrogen-bond acceptors (Lipinski definition) is 6. The molecule has 0 aliphatic carbocycles. The van der Waals surface area contributed by atoms with Crippen molar-refractivity contribution in [2.24, 2.45) is 0 Å². The van der Waals surface area contributed by atoms with Gasteiger partial charge in [0.2, 0.25) is 15.9 Å². The lowest BCUT2D eigenvalue weighted by atomic mass is 10.1. The summed E-state index contributed by atoms with van der Waals surface area (Å²) in [5, 5.41) is 5.13. The maximum Gasteiger partial charge on any atom is 0.243 e. The summed E-state index contributed by atoms with van der Waals surface area (Å²) >= 11 is 1.60. The van der Waals surface area contributed by atoms with Crippen molar-refractivity contribution >= 4 is 33.1 Å². The third-order valence-corrected chi connectivity index (χ3v) is 8.71. The molecule has 1 aliphatic rings. The molecule has 1 aliphatic heterocycles. The van der Waals surface area contributed by atoms with Crippen molar-refractivity contribution in [3.8, 4) is 0 Å². The third kappa shape index (κ3) is 5.61. The summed E-state index contributed by atoms with van der Waals surface area (Å²) in [5.41, 5.74) is 1.50. The molecule has 0 radical (unpaired) electrons. The molecule has 0 bridgehead atoms. The number of Topliss-reactive ketones (excluding diaryl/α,β-unsaturated/α-hetero) is 1. The average molecular weight is 498 g/mol. The molecule has 0 unspecified atom stereocenters. The molecular weight excluding hydrogens is 470 g/mol. The van der Waals surface area contributed by atoms with Gasteiger partial charge in [-0.1, -0.05) is 48.5 Å². The molecule has 4 rings (SSSR count). The van der Waals surface area contributed by atoms with Crippen LogP contribution in [0.1, 0.15) is 33.8 Å². The van der Waals surface area contributed by atoms with Gasteiger partial charge in [-0.05, 0) is 36.1 Å². The van der Waals surface area contributed by atoms with Gasteiger partial charge in [-0.15, -0.1) is 11.3 Å². The quantitative estimate of drug-likeness (QED) is 0.483. The maximum absolute atomic E-state index is 13.0. The van der Waals surface area contributed by atoms with Crippen LogP contribution < -0.4 is 5.32 Å². The minimum absolute atomic E-state index is 0.0987. The van der Waals surface area contributed by atoms with E-state index in [9.17, 15) is 18.0 Å². The van der Waals surface area contributed by atoms with Crippen LogP contribution in [0.15, 0.2) is 77.0 Å². The van der Waals surface area contributed by atoms with Gasteiger partial charge in [-0.3, -0.25) is 14.5 Å². The van der Waals surface area contributed by atoms with E-state index in [4.69, 9.17) is 0 Å². The molecule has 1 saturated heterocycles. The Balaban J connectivity index is 1.35. The summed E-state index contributed by atoms with van der Waals surface area (Å²) < 4.78 is 27.4. The van der Waals surface area contributed by atoms with E-state index in [2.05, 4.69) is 5.32 Å². The Hall–Kier alpha value is -2.85. The van der Waals surface area contributed by atoms with E-state index in [0.717, 1.165) is 10.4 Å². The number of benzene rings is 2. The van der Waals surface area contributed by atoms with Gasteiger partial charge in [0.1, 0.15) is 0 Å². The second-order valence-corrected chi connectivity index (χ2v) is 11.1. The van der Waals surface area contributed by atoms with Crippen LogP contribution >= 0.6 is 11.3 Å². The largest absolute Gasteiger partial charge is 0.343 e. The molecule has 7 nitrogen and oxygen atoms in total. The van der Waals surface area contributed by atoms with Crippen molar-refractivity contribution in [3.05, 3.63) is 88.1 Å². The summed E-state index contributed by atoms with van der Waals surface area (Å²) in [6, 6.07) is 19.6. The van der Waals surface area contributed by atoms with Crippen LogP contribution in [0.2, 0.25) is 0 Å². The molecule has 2 aromatic carbocycles. The Bertz CT molecular complexity index is 1220. The maximum atomic E-state index is 13.0. The van der Waals surface area contributed by atoms with Crippen LogP contribution in [0.3, 0.4) is 0 Å². The van der Waals surface area contributed by atoms with E-state index in [1.165, 1.54) is 35.5 Å². The number of hydrogen-bond donors (Lipinski definition) is 1. The van der Waals surface area contributed by atoms with Gasteiger partial charge >= 0.3 is 0 Å². The van der Waals surface area contributed by atoms with E-state index in [1.54, 1.807) is 11.3 Å². The van der Waals surface area contributed by atoms with Crippen LogP contribution in [0.5, 0.6) is 0 Å². The van der Waals surface area contributed by atoms with E-state index in [1.807, 2.05) is 52.7 Å². The standard InChI is InChI=1S/C25H27N3O4S2/c1-19(29)20-9-11-22(12-10-20)34(31,32)28-15-13-27(14-16-28)18-24(30)26-25(23-8-5-17-33-23)21-6-3-2-4-7-21/h2-12,17,25H,13-16,18H2,1H3,(H,26,30)/t25-/m0/s1. The first kappa shape index (κ1) is 24.3. The number of rotatable bonds is 8. The number of carbonyl (C=O) groups excluding carboxylic acids is 2. The molecule has 0 saturated carbocycles. The molecule has 34 heavy (non-hydrogen) atoms. The zero-order chi connectivity index (χ0) is 24.1. The molecule has 1 N–H and O–H groups in total. The highest BCUT2D eigenvalue weighted by Crippen LogP contribution is 2.26. The molecule has 1 amide bonds. The summed E-state index contributed by atoms with van der Waals surface area (Å²) in [4.78, 5) is 27.5. The normalized spacial score (nSPS) is 16.1. The summed E-state index contributed by atoms with van der Waals surface area (Å²) in [6.07, 6.45) is 0. The lowest BCUT2D eigenvalue weighted by molar-refractivity contribution is -0.123. The molecule has 9 heteroatoms. The monoisotopic (exact) mass is 497 g/mol. The minimum atomic E-state index is -3.64. The third-order valence-electron chi connectivity index (χ3n) is 5.86. The molecule has 3 aromatic rings. The van der Waals surface area contributed by atoms with E-state index >= 15 is 0 Å². The van der Waals surface area contributed by atoms with Gasteiger partial charge in [-0.2, -0.15) is 4.31 Å². The molecule has 1 atom stereocenters. The summed E-state index contributed by atoms with van der Waals surface area (Å²) in [7, 11) is -3.64. The van der Waals surface area contributed by atoms with Gasteiger partial charge in [-0.25, -0.2) is 8.42 Å². The van der Waals surface area contributed by atoms with Crippen LogP contribution in [0.4, 0.5) is 0 Å². The van der Waals surface area contributed by atoms with Crippen molar-refractivity contribution in [2.45, 2.75) is 17.9 Å². The zero-order valence-electron chi connectivity index (χ0n) is 18.9. The first-order valence-electron chi connectivity index (χ1n) is 11.1. The number of thiophene rings is 1. The Morgan fingerprint density at radius 3 is 2.21 bits per heavy atom. The highest BCUT2D eigenvalue weighted by atomic mass is 32.2. The van der Waals surface area contributed by atoms with Gasteiger partial charge in [0, 0.05) is 36.6 Å². The Labute approximate surface area is 204 Å². The van der Waals surface area contributed by atoms with Gasteiger partial charge < -0.3 is 5.32 Å². The molecule has 0 spiro atoms. The Kier molecular flexibility index (Phi) is 7.57. The molecular formula is C25H27N3O4S2. The molecule has 2 heterocycles. The fourth-order valence-corrected chi connectivity index (χ4v) is 6.19. The van der Waals surface area contributed by atoms with Crippen LogP contribution in [-0.2, 0) is 14.8 Å². The number of nitrogens with zero attached hydrogens (tertiary/aromatic N) is 2. The van der Waals surface area contributed by atoms with Crippen molar-refractivity contribution in [1.29, 1.82) is 0 Å². The summed E-state index contributed by atoms with van der Waals surface area (Å²) in [6.45, 7) is 3.19. The number of sulfonamides is 1. The van der Waals surface area contributed by atoms with Crippen molar-refractivity contribution < 1.29 is 18.0 Å². The Morgan fingerprint density at radius 1 is 0.941 bits per heavy atom. The van der Waals surface area contributed by atoms with Crippen LogP contribution in [0, 0.1) is 0 Å².